The zero-order valence-corrected chi connectivity index (χ0v) is 22.3. The Morgan fingerprint density at radius 3 is 2.23 bits per heavy atom. The number of rotatable bonds is 6. The van der Waals surface area contributed by atoms with Crippen molar-refractivity contribution in [2.24, 2.45) is 0 Å². The number of nitrogens with zero attached hydrogens (tertiary/aromatic N) is 2. The maximum Gasteiger partial charge on any atom is 0.252 e. The van der Waals surface area contributed by atoms with Crippen LogP contribution in [0.1, 0.15) is 34.8 Å². The Morgan fingerprint density at radius 1 is 0.857 bits per heavy atom. The van der Waals surface area contributed by atoms with E-state index in [-0.39, 0.29) is 36.8 Å². The third-order valence-electron chi connectivity index (χ3n) is 7.39. The summed E-state index contributed by atoms with van der Waals surface area (Å²) < 4.78 is 0. The summed E-state index contributed by atoms with van der Waals surface area (Å²) in [5.41, 5.74) is 9.61. The van der Waals surface area contributed by atoms with Crippen LogP contribution in [-0.2, 0) is 0 Å². The lowest BCUT2D eigenvalue weighted by atomic mass is 9.78. The molecule has 35 heavy (non-hydrogen) atoms. The van der Waals surface area contributed by atoms with Crippen LogP contribution >= 0.6 is 24.8 Å². The molecule has 4 nitrogen and oxygen atoms in total. The van der Waals surface area contributed by atoms with Crippen LogP contribution in [0.15, 0.2) is 60.7 Å². The highest BCUT2D eigenvalue weighted by Gasteiger charge is 2.28. The van der Waals surface area contributed by atoms with Gasteiger partial charge in [0.25, 0.3) is 5.91 Å². The van der Waals surface area contributed by atoms with Crippen LogP contribution in [0.5, 0.6) is 0 Å². The molecule has 1 unspecified atom stereocenters. The van der Waals surface area contributed by atoms with Crippen molar-refractivity contribution >= 4 is 36.4 Å². The molecule has 3 aromatic carbocycles. The fraction of sp³-hybridized carbons (Fsp3) is 0.345. The second kappa shape index (κ2) is 11.5. The molecule has 0 spiro atoms. The van der Waals surface area contributed by atoms with Crippen LogP contribution in [0.4, 0.5) is 5.69 Å². The molecule has 2 aliphatic rings. The molecule has 0 radical (unpaired) electrons. The summed E-state index contributed by atoms with van der Waals surface area (Å²) in [4.78, 5) is 18.2. The van der Waals surface area contributed by atoms with Crippen molar-refractivity contribution in [3.05, 3.63) is 77.4 Å². The maximum atomic E-state index is 13.2. The summed E-state index contributed by atoms with van der Waals surface area (Å²) >= 11 is 0. The first-order chi connectivity index (χ1) is 16.1. The number of anilines is 1. The fourth-order valence-corrected chi connectivity index (χ4v) is 5.23. The number of fused-ring (bicyclic) bond motifs is 4. The number of carbonyl (C=O) groups is 1. The molecule has 1 amide bonds. The van der Waals surface area contributed by atoms with Crippen LogP contribution in [0.2, 0.25) is 0 Å². The molecule has 0 bridgehead atoms. The van der Waals surface area contributed by atoms with Gasteiger partial charge in [-0.05, 0) is 60.2 Å². The Morgan fingerprint density at radius 2 is 1.51 bits per heavy atom. The van der Waals surface area contributed by atoms with E-state index < -0.39 is 0 Å². The molecule has 5 rings (SSSR count). The molecular formula is C29H35Cl2N3O. The minimum atomic E-state index is 0. The number of nitrogens with one attached hydrogen (secondary N) is 1. The lowest BCUT2D eigenvalue weighted by molar-refractivity contribution is 0.0922. The first kappa shape index (κ1) is 27.1. The third-order valence-corrected chi connectivity index (χ3v) is 7.39. The molecule has 6 heteroatoms. The second-order valence-corrected chi connectivity index (χ2v) is 9.36. The third kappa shape index (κ3) is 5.20. The normalized spacial score (nSPS) is 15.0. The Kier molecular flexibility index (Phi) is 8.87. The van der Waals surface area contributed by atoms with Gasteiger partial charge in [0, 0.05) is 55.6 Å². The second-order valence-electron chi connectivity index (χ2n) is 9.36. The Bertz CT molecular complexity index is 1190. The number of piperazine rings is 1. The van der Waals surface area contributed by atoms with Gasteiger partial charge in [-0.15, -0.1) is 24.8 Å². The smallest absolute Gasteiger partial charge is 0.252 e. The summed E-state index contributed by atoms with van der Waals surface area (Å²) in [5, 5.41) is 3.33. The van der Waals surface area contributed by atoms with Crippen LogP contribution in [-0.4, -0.2) is 49.6 Å². The van der Waals surface area contributed by atoms with Crippen molar-refractivity contribution in [1.82, 2.24) is 10.2 Å². The standard InChI is InChI=1S/C29H33N3O.2ClH/c1-4-22(19-31-15-17-32(18-16-31)27-14-7-9-20(2)21(27)3)30-29(33)26-13-8-12-25-23-10-5-6-11-24(23)28(25)26;;/h5-14,22H,4,15-19H2,1-3H3,(H,30,33);2*1H. The molecular weight excluding hydrogens is 477 g/mol. The topological polar surface area (TPSA) is 35.6 Å². The van der Waals surface area contributed by atoms with Gasteiger partial charge in [0.1, 0.15) is 0 Å². The van der Waals surface area contributed by atoms with Gasteiger partial charge in [0.15, 0.2) is 0 Å². The summed E-state index contributed by atoms with van der Waals surface area (Å²) in [6, 6.07) is 21.1. The van der Waals surface area contributed by atoms with Gasteiger partial charge in [0.05, 0.1) is 0 Å². The largest absolute Gasteiger partial charge is 0.369 e. The van der Waals surface area contributed by atoms with Crippen LogP contribution in [0.3, 0.4) is 0 Å². The summed E-state index contributed by atoms with van der Waals surface area (Å²) in [7, 11) is 0. The first-order valence-electron chi connectivity index (χ1n) is 12.1. The fourth-order valence-electron chi connectivity index (χ4n) is 5.23. The molecule has 1 aliphatic carbocycles. The lowest BCUT2D eigenvalue weighted by Gasteiger charge is -2.38. The molecule has 1 atom stereocenters. The van der Waals surface area contributed by atoms with Gasteiger partial charge in [0.2, 0.25) is 0 Å². The summed E-state index contributed by atoms with van der Waals surface area (Å²) in [6.07, 6.45) is 0.925. The lowest BCUT2D eigenvalue weighted by Crippen LogP contribution is -2.51. The number of hydrogen-bond donors (Lipinski definition) is 1. The molecule has 1 aliphatic heterocycles. The highest BCUT2D eigenvalue weighted by molar-refractivity contribution is 6.12. The monoisotopic (exact) mass is 511 g/mol. The van der Waals surface area contributed by atoms with Gasteiger partial charge < -0.3 is 10.2 Å². The molecule has 0 aromatic heterocycles. The van der Waals surface area contributed by atoms with Crippen LogP contribution in [0.25, 0.3) is 22.3 Å². The SMILES string of the molecule is CCC(CN1CCN(c2cccc(C)c2C)CC1)NC(=O)c1cccc2c1-c1ccccc1-2.Cl.Cl. The molecule has 1 N–H and O–H groups in total. The van der Waals surface area contributed by atoms with E-state index in [1.54, 1.807) is 0 Å². The van der Waals surface area contributed by atoms with Crippen molar-refractivity contribution in [1.29, 1.82) is 0 Å². The number of hydrogen-bond acceptors (Lipinski definition) is 3. The first-order valence-corrected chi connectivity index (χ1v) is 12.1. The van der Waals surface area contributed by atoms with Gasteiger partial charge in [-0.25, -0.2) is 0 Å². The van der Waals surface area contributed by atoms with Gasteiger partial charge in [-0.1, -0.05) is 55.5 Å². The molecule has 1 saturated heterocycles. The predicted molar refractivity (Wildman–Crippen MR) is 151 cm³/mol. The summed E-state index contributed by atoms with van der Waals surface area (Å²) in [6.45, 7) is 11.6. The van der Waals surface area contributed by atoms with E-state index in [1.807, 2.05) is 18.2 Å². The van der Waals surface area contributed by atoms with Gasteiger partial charge in [-0.2, -0.15) is 0 Å². The number of amides is 1. The van der Waals surface area contributed by atoms with Crippen LogP contribution < -0.4 is 10.2 Å². The average molecular weight is 513 g/mol. The van der Waals surface area contributed by atoms with Crippen molar-refractivity contribution in [2.45, 2.75) is 33.2 Å². The van der Waals surface area contributed by atoms with E-state index in [2.05, 4.69) is 78.4 Å². The van der Waals surface area contributed by atoms with E-state index in [4.69, 9.17) is 0 Å². The summed E-state index contributed by atoms with van der Waals surface area (Å²) in [5.74, 6) is 0.0437. The highest BCUT2D eigenvalue weighted by Crippen LogP contribution is 2.48. The number of aryl methyl sites for hydroxylation is 1. The highest BCUT2D eigenvalue weighted by atomic mass is 35.5. The minimum absolute atomic E-state index is 0. The zero-order valence-electron chi connectivity index (χ0n) is 20.7. The van der Waals surface area contributed by atoms with Crippen molar-refractivity contribution < 1.29 is 4.79 Å². The Hall–Kier alpha value is -2.53. The van der Waals surface area contributed by atoms with E-state index in [1.165, 1.54) is 33.5 Å². The quantitative estimate of drug-likeness (QED) is 0.338. The predicted octanol–water partition coefficient (Wildman–Crippen LogP) is 6.13. The Labute approximate surface area is 221 Å². The van der Waals surface area contributed by atoms with Gasteiger partial charge in [-0.3, -0.25) is 9.69 Å². The number of benzene rings is 3. The molecule has 3 aromatic rings. The molecule has 1 heterocycles. The van der Waals surface area contributed by atoms with E-state index in [9.17, 15) is 4.79 Å². The zero-order chi connectivity index (χ0) is 22.9. The minimum Gasteiger partial charge on any atom is -0.369 e. The van der Waals surface area contributed by atoms with Crippen molar-refractivity contribution in [2.75, 3.05) is 37.6 Å². The number of halogens is 2. The van der Waals surface area contributed by atoms with Gasteiger partial charge >= 0.3 is 0 Å². The van der Waals surface area contributed by atoms with E-state index >= 15 is 0 Å². The molecule has 0 saturated carbocycles. The van der Waals surface area contributed by atoms with E-state index in [0.29, 0.717) is 0 Å². The maximum absolute atomic E-state index is 13.2. The molecule has 1 fully saturated rings. The van der Waals surface area contributed by atoms with Crippen molar-refractivity contribution in [3.63, 3.8) is 0 Å². The molecule has 186 valence electrons. The number of carbonyl (C=O) groups excluding carboxylic acids is 1. The van der Waals surface area contributed by atoms with E-state index in [0.717, 1.165) is 50.3 Å². The average Bonchev–Trinajstić information content (AvgIpc) is 2.83. The van der Waals surface area contributed by atoms with Crippen LogP contribution in [0, 0.1) is 13.8 Å². The van der Waals surface area contributed by atoms with Crippen molar-refractivity contribution in [3.8, 4) is 22.3 Å². The Balaban J connectivity index is 0.00000171.